The molecule has 3 aromatic rings. The number of alkyl halides is 6. The number of pyridine rings is 1. The number of likely N-dealkylation sites (tertiary alicyclic amines) is 1. The zero-order valence-corrected chi connectivity index (χ0v) is 31.5. The summed E-state index contributed by atoms with van der Waals surface area (Å²) in [5.41, 5.74) is 3.02. The molecule has 0 radical (unpaired) electrons. The molecule has 21 heteroatoms. The minimum Gasteiger partial charge on any atom is -0.489 e. The highest BCUT2D eigenvalue weighted by Gasteiger charge is 2.39. The molecule has 3 aliphatic rings. The molecule has 2 fully saturated rings. The van der Waals surface area contributed by atoms with Crippen LogP contribution in [0.5, 0.6) is 5.75 Å². The summed E-state index contributed by atoms with van der Waals surface area (Å²) < 4.78 is 69.7. The molecular weight excluding hydrogens is 804 g/mol. The summed E-state index contributed by atoms with van der Waals surface area (Å²) in [7, 11) is 0. The lowest BCUT2D eigenvalue weighted by atomic mass is 10.0. The van der Waals surface area contributed by atoms with E-state index in [9.17, 15) is 35.9 Å². The van der Waals surface area contributed by atoms with Crippen LogP contribution in [0.2, 0.25) is 5.02 Å². The van der Waals surface area contributed by atoms with Crippen molar-refractivity contribution in [2.75, 3.05) is 36.8 Å². The monoisotopic (exact) mass is 843 g/mol. The lowest BCUT2D eigenvalue weighted by Gasteiger charge is -2.33. The number of carbonyl (C=O) groups excluding carboxylic acids is 2. The second-order valence-electron chi connectivity index (χ2n) is 13.2. The van der Waals surface area contributed by atoms with E-state index in [1.165, 1.54) is 19.2 Å². The molecule has 4 heterocycles. The van der Waals surface area contributed by atoms with Crippen LogP contribution >= 0.6 is 11.6 Å². The number of benzene rings is 1. The van der Waals surface area contributed by atoms with Crippen molar-refractivity contribution in [3.8, 4) is 5.75 Å². The predicted octanol–water partition coefficient (Wildman–Crippen LogP) is 6.65. The van der Waals surface area contributed by atoms with Gasteiger partial charge < -0.3 is 35.8 Å². The largest absolute Gasteiger partial charge is 0.490 e. The van der Waals surface area contributed by atoms with Crippen molar-refractivity contribution < 1.29 is 60.5 Å². The maximum Gasteiger partial charge on any atom is 0.490 e. The molecule has 6 rings (SSSR count). The summed E-state index contributed by atoms with van der Waals surface area (Å²) in [4.78, 5) is 58.8. The lowest BCUT2D eigenvalue weighted by molar-refractivity contribution is -0.193. The second kappa shape index (κ2) is 20.7. The van der Waals surface area contributed by atoms with Crippen LogP contribution in [0, 0.1) is 5.92 Å². The van der Waals surface area contributed by atoms with E-state index in [0.29, 0.717) is 65.4 Å². The van der Waals surface area contributed by atoms with Crippen LogP contribution in [-0.2, 0) is 25.6 Å². The Kier molecular flexibility index (Phi) is 16.1. The Bertz CT molecular complexity index is 1900. The van der Waals surface area contributed by atoms with Gasteiger partial charge in [0.05, 0.1) is 10.6 Å². The van der Waals surface area contributed by atoms with E-state index in [4.69, 9.17) is 36.1 Å². The van der Waals surface area contributed by atoms with E-state index in [0.717, 1.165) is 50.2 Å². The van der Waals surface area contributed by atoms with Gasteiger partial charge in [0.25, 0.3) is 0 Å². The van der Waals surface area contributed by atoms with Crippen molar-refractivity contribution in [2.45, 2.75) is 69.8 Å². The number of anilines is 3. The minimum absolute atomic E-state index is 0.0151. The third-order valence-electron chi connectivity index (χ3n) is 9.01. The highest BCUT2D eigenvalue weighted by Crippen LogP contribution is 2.34. The van der Waals surface area contributed by atoms with Crippen molar-refractivity contribution in [3.63, 3.8) is 0 Å². The van der Waals surface area contributed by atoms with Crippen LogP contribution in [0.3, 0.4) is 0 Å². The van der Waals surface area contributed by atoms with E-state index in [2.05, 4.69) is 30.9 Å². The number of piperidine rings is 1. The molecule has 5 N–H and O–H groups in total. The SMILES string of the molecule is O=C(NCCc1ccccn1)C1=Cc2c(ncnc2Nc2ccc(OC3CCN(C(=O)C4CCCC4)CC3)c(Cl)c2)NCC1.O=C(O)C(F)(F)F.O=C(O)C(F)(F)F. The minimum atomic E-state index is -5.08. The van der Waals surface area contributed by atoms with Gasteiger partial charge in [0.2, 0.25) is 11.8 Å². The van der Waals surface area contributed by atoms with E-state index in [-0.39, 0.29) is 17.9 Å². The first kappa shape index (κ1) is 45.0. The van der Waals surface area contributed by atoms with Gasteiger partial charge >= 0.3 is 24.3 Å². The van der Waals surface area contributed by atoms with Crippen molar-refractivity contribution in [1.82, 2.24) is 25.2 Å². The molecule has 14 nitrogen and oxygen atoms in total. The molecule has 2 aromatic heterocycles. The maximum atomic E-state index is 13.0. The Labute approximate surface area is 333 Å². The van der Waals surface area contributed by atoms with Crippen LogP contribution in [0.25, 0.3) is 6.08 Å². The topological polar surface area (TPSA) is 196 Å². The van der Waals surface area contributed by atoms with Gasteiger partial charge in [-0.2, -0.15) is 26.3 Å². The van der Waals surface area contributed by atoms with Crippen LogP contribution in [0.15, 0.2) is 54.5 Å². The smallest absolute Gasteiger partial charge is 0.489 e. The van der Waals surface area contributed by atoms with Crippen LogP contribution in [0.4, 0.5) is 43.7 Å². The number of nitrogens with zero attached hydrogens (tertiary/aromatic N) is 4. The average molecular weight is 844 g/mol. The van der Waals surface area contributed by atoms with E-state index >= 15 is 0 Å². The highest BCUT2D eigenvalue weighted by molar-refractivity contribution is 6.32. The number of ether oxygens (including phenoxy) is 1. The summed E-state index contributed by atoms with van der Waals surface area (Å²) in [6, 6.07) is 11.3. The number of aliphatic carboxylic acids is 2. The van der Waals surface area contributed by atoms with Crippen LogP contribution in [-0.4, -0.2) is 98.5 Å². The van der Waals surface area contributed by atoms with Crippen molar-refractivity contribution in [1.29, 1.82) is 0 Å². The van der Waals surface area contributed by atoms with Crippen molar-refractivity contribution in [3.05, 3.63) is 70.8 Å². The number of hydrogen-bond acceptors (Lipinski definition) is 10. The molecular formula is C37H40ClF6N7O7. The molecule has 1 saturated carbocycles. The van der Waals surface area contributed by atoms with Crippen LogP contribution < -0.4 is 20.7 Å². The Morgan fingerprint density at radius 2 is 1.57 bits per heavy atom. The first-order valence-electron chi connectivity index (χ1n) is 18.0. The van der Waals surface area contributed by atoms with Gasteiger partial charge in [-0.25, -0.2) is 19.6 Å². The number of rotatable bonds is 9. The molecule has 1 aliphatic carbocycles. The van der Waals surface area contributed by atoms with E-state index in [1.807, 2.05) is 47.4 Å². The molecule has 0 bridgehead atoms. The highest BCUT2D eigenvalue weighted by atomic mass is 35.5. The number of carbonyl (C=O) groups is 4. The molecule has 58 heavy (non-hydrogen) atoms. The number of fused-ring (bicyclic) bond motifs is 1. The number of amides is 2. The third-order valence-corrected chi connectivity index (χ3v) is 9.30. The van der Waals surface area contributed by atoms with Gasteiger partial charge in [0.15, 0.2) is 0 Å². The molecule has 2 aliphatic heterocycles. The van der Waals surface area contributed by atoms with Gasteiger partial charge in [-0.15, -0.1) is 0 Å². The normalized spacial score (nSPS) is 15.8. The van der Waals surface area contributed by atoms with Gasteiger partial charge in [0.1, 0.15) is 29.8 Å². The number of nitrogens with one attached hydrogen (secondary N) is 3. The summed E-state index contributed by atoms with van der Waals surface area (Å²) in [5.74, 6) is -3.27. The van der Waals surface area contributed by atoms with Gasteiger partial charge in [-0.3, -0.25) is 14.6 Å². The average Bonchev–Trinajstić information content (AvgIpc) is 3.63. The summed E-state index contributed by atoms with van der Waals surface area (Å²) in [6.45, 7) is 2.52. The summed E-state index contributed by atoms with van der Waals surface area (Å²) in [5, 5.41) is 24.4. The van der Waals surface area contributed by atoms with E-state index < -0.39 is 24.3 Å². The van der Waals surface area contributed by atoms with Crippen LogP contribution in [0.1, 0.15) is 56.2 Å². The third kappa shape index (κ3) is 13.8. The first-order valence-corrected chi connectivity index (χ1v) is 18.4. The molecule has 314 valence electrons. The molecule has 0 atom stereocenters. The quantitative estimate of drug-likeness (QED) is 0.144. The summed E-state index contributed by atoms with van der Waals surface area (Å²) in [6.07, 6.45) is 2.11. The van der Waals surface area contributed by atoms with Crippen molar-refractivity contribution in [2.24, 2.45) is 5.92 Å². The van der Waals surface area contributed by atoms with Gasteiger partial charge in [-0.1, -0.05) is 30.5 Å². The Morgan fingerprint density at radius 3 is 2.16 bits per heavy atom. The fraction of sp³-hybridized carbons (Fsp3) is 0.432. The Hall–Kier alpha value is -5.66. The maximum absolute atomic E-state index is 13.0. The van der Waals surface area contributed by atoms with Gasteiger partial charge in [0, 0.05) is 74.5 Å². The number of halogens is 7. The predicted molar refractivity (Wildman–Crippen MR) is 198 cm³/mol. The Morgan fingerprint density at radius 1 is 0.914 bits per heavy atom. The standard InChI is InChI=1S/C33H38ClN7O3.2C2HF3O2/c34-28-20-25(8-9-29(28)44-26-12-17-41(18-13-26)33(43)22-5-1-2-6-22)40-31-27-19-23(10-15-36-30(27)38-21-39-31)32(42)37-16-11-24-7-3-4-14-35-24;2*3-2(4,5)1(6)7/h3-4,7-9,14,19-22,26H,1-2,5-6,10-13,15-18H2,(H,37,42)(H2,36,38,39,40);2*(H,6,7). The number of carboxylic acid groups (broad SMARTS) is 2. The molecule has 1 saturated heterocycles. The fourth-order valence-electron chi connectivity index (χ4n) is 6.09. The fourth-order valence-corrected chi connectivity index (χ4v) is 6.32. The van der Waals surface area contributed by atoms with E-state index in [1.54, 1.807) is 6.20 Å². The van der Waals surface area contributed by atoms with Gasteiger partial charge in [-0.05, 0) is 55.7 Å². The lowest BCUT2D eigenvalue weighted by Crippen LogP contribution is -2.44. The van der Waals surface area contributed by atoms with Crippen molar-refractivity contribution >= 4 is 58.8 Å². The number of aromatic nitrogens is 3. The molecule has 1 aromatic carbocycles. The zero-order valence-electron chi connectivity index (χ0n) is 30.7. The molecule has 2 amide bonds. The number of carboxylic acids is 2. The zero-order chi connectivity index (χ0) is 42.5. The first-order chi connectivity index (χ1) is 27.4. The Balaban J connectivity index is 0.000000456. The second-order valence-corrected chi connectivity index (χ2v) is 13.6. The molecule has 0 spiro atoms. The molecule has 0 unspecified atom stereocenters. The number of hydrogen-bond donors (Lipinski definition) is 5. The summed E-state index contributed by atoms with van der Waals surface area (Å²) >= 11 is 6.66.